The normalized spacial score (nSPS) is 17.0. The number of benzene rings is 2. The number of rotatable bonds is 5. The predicted molar refractivity (Wildman–Crippen MR) is 117 cm³/mol. The molecule has 2 heterocycles. The maximum atomic E-state index is 13.4. The van der Waals surface area contributed by atoms with Crippen molar-refractivity contribution in [2.75, 3.05) is 26.7 Å². The van der Waals surface area contributed by atoms with Gasteiger partial charge in [0.15, 0.2) is 5.69 Å². The summed E-state index contributed by atoms with van der Waals surface area (Å²) in [6, 6.07) is 14.0. The van der Waals surface area contributed by atoms with Crippen LogP contribution in [0.25, 0.3) is 16.9 Å². The lowest BCUT2D eigenvalue weighted by molar-refractivity contribution is -0.141. The smallest absolute Gasteiger partial charge is 0.352 e. The number of hydrogen-bond acceptors (Lipinski definition) is 3. The molecule has 2 aromatic carbocycles. The third kappa shape index (κ3) is 4.81. The molecule has 0 radical (unpaired) electrons. The summed E-state index contributed by atoms with van der Waals surface area (Å²) in [5, 5.41) is 6.97. The number of nitrogens with one attached hydrogen (secondary N) is 1. The summed E-state index contributed by atoms with van der Waals surface area (Å²) in [5.41, 5.74) is 0.479. The quantitative estimate of drug-likeness (QED) is 0.587. The molecule has 1 amide bonds. The summed E-state index contributed by atoms with van der Waals surface area (Å²) in [7, 11) is 2.05. The van der Waals surface area contributed by atoms with Crippen LogP contribution in [0.2, 0.25) is 5.02 Å². The SMILES string of the molecule is CN1CCC(CNC(=O)c2ccc(-c3cc(C(F)(F)F)nn3-c3ccccc3Cl)cc2)C1. The number of alkyl halides is 3. The Kier molecular flexibility index (Phi) is 6.26. The highest BCUT2D eigenvalue weighted by molar-refractivity contribution is 6.32. The van der Waals surface area contributed by atoms with Crippen LogP contribution in [-0.4, -0.2) is 47.3 Å². The Morgan fingerprint density at radius 2 is 1.91 bits per heavy atom. The van der Waals surface area contributed by atoms with Gasteiger partial charge in [-0.2, -0.15) is 18.3 Å². The van der Waals surface area contributed by atoms with E-state index in [1.807, 2.05) is 0 Å². The molecule has 1 fully saturated rings. The molecule has 4 rings (SSSR count). The molecule has 0 spiro atoms. The van der Waals surface area contributed by atoms with Crippen molar-refractivity contribution in [3.05, 3.63) is 70.9 Å². The second-order valence-electron chi connectivity index (χ2n) is 7.98. The van der Waals surface area contributed by atoms with Crippen LogP contribution in [0.1, 0.15) is 22.5 Å². The van der Waals surface area contributed by atoms with Gasteiger partial charge in [0, 0.05) is 24.2 Å². The average molecular weight is 463 g/mol. The first-order valence-electron chi connectivity index (χ1n) is 10.2. The first kappa shape index (κ1) is 22.4. The molecule has 1 aromatic heterocycles. The second-order valence-corrected chi connectivity index (χ2v) is 8.39. The molecule has 0 bridgehead atoms. The first-order valence-corrected chi connectivity index (χ1v) is 10.6. The third-order valence-electron chi connectivity index (χ3n) is 5.56. The Morgan fingerprint density at radius 3 is 2.53 bits per heavy atom. The Morgan fingerprint density at radius 1 is 1.19 bits per heavy atom. The molecule has 0 saturated carbocycles. The van der Waals surface area contributed by atoms with Crippen molar-refractivity contribution in [1.29, 1.82) is 0 Å². The van der Waals surface area contributed by atoms with Crippen LogP contribution in [0.4, 0.5) is 13.2 Å². The van der Waals surface area contributed by atoms with E-state index in [-0.39, 0.29) is 16.6 Å². The maximum Gasteiger partial charge on any atom is 0.435 e. The molecule has 168 valence electrons. The molecule has 1 atom stereocenters. The van der Waals surface area contributed by atoms with Crippen LogP contribution in [0.3, 0.4) is 0 Å². The van der Waals surface area contributed by atoms with E-state index in [9.17, 15) is 18.0 Å². The molecular weight excluding hydrogens is 441 g/mol. The summed E-state index contributed by atoms with van der Waals surface area (Å²) in [4.78, 5) is 14.7. The Balaban J connectivity index is 1.59. The minimum absolute atomic E-state index is 0.207. The molecule has 9 heteroatoms. The number of aromatic nitrogens is 2. The van der Waals surface area contributed by atoms with E-state index in [4.69, 9.17) is 11.6 Å². The summed E-state index contributed by atoms with van der Waals surface area (Å²) in [5.74, 6) is 0.218. The molecule has 1 aliphatic heterocycles. The highest BCUT2D eigenvalue weighted by Gasteiger charge is 2.35. The van der Waals surface area contributed by atoms with Crippen LogP contribution < -0.4 is 5.32 Å². The van der Waals surface area contributed by atoms with Crippen molar-refractivity contribution >= 4 is 17.5 Å². The zero-order valence-electron chi connectivity index (χ0n) is 17.4. The van der Waals surface area contributed by atoms with Gasteiger partial charge in [-0.15, -0.1) is 0 Å². The van der Waals surface area contributed by atoms with Crippen molar-refractivity contribution < 1.29 is 18.0 Å². The molecule has 3 aromatic rings. The van der Waals surface area contributed by atoms with Gasteiger partial charge in [0.1, 0.15) is 0 Å². The molecule has 32 heavy (non-hydrogen) atoms. The number of para-hydroxylation sites is 1. The molecular formula is C23H22ClF3N4O. The molecule has 0 aliphatic carbocycles. The lowest BCUT2D eigenvalue weighted by Crippen LogP contribution is -2.30. The second kappa shape index (κ2) is 8.96. The molecule has 1 N–H and O–H groups in total. The van der Waals surface area contributed by atoms with Gasteiger partial charge in [-0.1, -0.05) is 35.9 Å². The monoisotopic (exact) mass is 462 g/mol. The minimum Gasteiger partial charge on any atom is -0.352 e. The largest absolute Gasteiger partial charge is 0.435 e. The topological polar surface area (TPSA) is 50.2 Å². The lowest BCUT2D eigenvalue weighted by Gasteiger charge is -2.12. The fourth-order valence-corrected chi connectivity index (χ4v) is 4.07. The first-order chi connectivity index (χ1) is 15.2. The molecule has 1 saturated heterocycles. The van der Waals surface area contributed by atoms with Crippen molar-refractivity contribution in [1.82, 2.24) is 20.0 Å². The van der Waals surface area contributed by atoms with E-state index in [1.165, 1.54) is 4.68 Å². The summed E-state index contributed by atoms with van der Waals surface area (Å²) >= 11 is 6.21. The van der Waals surface area contributed by atoms with Gasteiger partial charge in [-0.25, -0.2) is 4.68 Å². The predicted octanol–water partition coefficient (Wildman–Crippen LogP) is 4.89. The van der Waals surface area contributed by atoms with Crippen LogP contribution in [-0.2, 0) is 6.18 Å². The number of halogens is 4. The van der Waals surface area contributed by atoms with Crippen LogP contribution in [0.15, 0.2) is 54.6 Å². The van der Waals surface area contributed by atoms with E-state index < -0.39 is 11.9 Å². The van der Waals surface area contributed by atoms with Gasteiger partial charge in [-0.05, 0) is 56.3 Å². The number of nitrogens with zero attached hydrogens (tertiary/aromatic N) is 3. The zero-order valence-corrected chi connectivity index (χ0v) is 18.1. The van der Waals surface area contributed by atoms with Gasteiger partial charge in [0.05, 0.1) is 16.4 Å². The van der Waals surface area contributed by atoms with Crippen molar-refractivity contribution in [2.45, 2.75) is 12.6 Å². The number of amides is 1. The third-order valence-corrected chi connectivity index (χ3v) is 5.88. The van der Waals surface area contributed by atoms with Crippen molar-refractivity contribution in [3.8, 4) is 16.9 Å². The van der Waals surface area contributed by atoms with Crippen LogP contribution >= 0.6 is 11.6 Å². The van der Waals surface area contributed by atoms with Gasteiger partial charge >= 0.3 is 6.18 Å². The fourth-order valence-electron chi connectivity index (χ4n) is 3.86. The van der Waals surface area contributed by atoms with E-state index in [0.717, 1.165) is 25.6 Å². The Labute approximate surface area is 188 Å². The summed E-state index contributed by atoms with van der Waals surface area (Å²) in [6.45, 7) is 2.57. The minimum atomic E-state index is -4.60. The fraction of sp³-hybridized carbons (Fsp3) is 0.304. The maximum absolute atomic E-state index is 13.4. The number of likely N-dealkylation sites (tertiary alicyclic amines) is 1. The van der Waals surface area contributed by atoms with E-state index in [1.54, 1.807) is 48.5 Å². The molecule has 1 unspecified atom stereocenters. The summed E-state index contributed by atoms with van der Waals surface area (Å²) in [6.07, 6.45) is -3.56. The summed E-state index contributed by atoms with van der Waals surface area (Å²) < 4.78 is 41.2. The average Bonchev–Trinajstić information content (AvgIpc) is 3.39. The van der Waals surface area contributed by atoms with Gasteiger partial charge in [0.2, 0.25) is 0 Å². The van der Waals surface area contributed by atoms with Crippen LogP contribution in [0.5, 0.6) is 0 Å². The van der Waals surface area contributed by atoms with Crippen LogP contribution in [0, 0.1) is 5.92 Å². The Hall–Kier alpha value is -2.84. The van der Waals surface area contributed by atoms with Gasteiger partial charge in [0.25, 0.3) is 5.91 Å². The molecule has 1 aliphatic rings. The number of hydrogen-bond donors (Lipinski definition) is 1. The van der Waals surface area contributed by atoms with E-state index in [0.29, 0.717) is 29.3 Å². The Bertz CT molecular complexity index is 1110. The van der Waals surface area contributed by atoms with Gasteiger partial charge < -0.3 is 10.2 Å². The highest BCUT2D eigenvalue weighted by atomic mass is 35.5. The van der Waals surface area contributed by atoms with E-state index in [2.05, 4.69) is 22.4 Å². The molecule has 5 nitrogen and oxygen atoms in total. The zero-order chi connectivity index (χ0) is 22.9. The highest BCUT2D eigenvalue weighted by Crippen LogP contribution is 2.34. The standard InChI is InChI=1S/C23H22ClF3N4O/c1-30-11-10-15(14-30)13-28-22(32)17-8-6-16(7-9-17)20-12-21(23(25,26)27)29-31(20)19-5-3-2-4-18(19)24/h2-9,12,15H,10-11,13-14H2,1H3,(H,28,32). The number of carbonyl (C=O) groups excluding carboxylic acids is 1. The van der Waals surface area contributed by atoms with E-state index >= 15 is 0 Å². The lowest BCUT2D eigenvalue weighted by atomic mass is 10.1. The van der Waals surface area contributed by atoms with Crippen molar-refractivity contribution in [3.63, 3.8) is 0 Å². The van der Waals surface area contributed by atoms with Gasteiger partial charge in [-0.3, -0.25) is 4.79 Å². The van der Waals surface area contributed by atoms with Crippen molar-refractivity contribution in [2.24, 2.45) is 5.92 Å². The number of carbonyl (C=O) groups is 1.